The van der Waals surface area contributed by atoms with E-state index in [1.54, 1.807) is 6.92 Å². The first-order valence-corrected chi connectivity index (χ1v) is 9.80. The summed E-state index contributed by atoms with van der Waals surface area (Å²) in [5, 5.41) is 6.83. The largest absolute Gasteiger partial charge is 0.241 e. The third kappa shape index (κ3) is 3.89. The van der Waals surface area contributed by atoms with E-state index in [-0.39, 0.29) is 15.8 Å². The fraction of sp³-hybridized carbons (Fsp3) is 0.167. The highest BCUT2D eigenvalue weighted by atomic mass is 32.2. The second-order valence-corrected chi connectivity index (χ2v) is 8.63. The molecular formula is C12H14N2O4S3. The van der Waals surface area contributed by atoms with E-state index in [1.807, 2.05) is 17.5 Å². The Morgan fingerprint density at radius 1 is 1.05 bits per heavy atom. The quantitative estimate of drug-likeness (QED) is 0.854. The van der Waals surface area contributed by atoms with Crippen LogP contribution in [0.25, 0.3) is 0 Å². The van der Waals surface area contributed by atoms with Crippen LogP contribution in [-0.2, 0) is 20.0 Å². The van der Waals surface area contributed by atoms with Gasteiger partial charge in [0.25, 0.3) is 0 Å². The number of primary sulfonamides is 1. The van der Waals surface area contributed by atoms with Crippen molar-refractivity contribution in [2.75, 3.05) is 0 Å². The van der Waals surface area contributed by atoms with E-state index in [4.69, 9.17) is 5.14 Å². The molecule has 0 aliphatic carbocycles. The number of hydrogen-bond donors (Lipinski definition) is 2. The van der Waals surface area contributed by atoms with Crippen LogP contribution in [0.2, 0.25) is 0 Å². The molecule has 1 atom stereocenters. The van der Waals surface area contributed by atoms with Gasteiger partial charge in [-0.15, -0.1) is 11.3 Å². The van der Waals surface area contributed by atoms with Crippen LogP contribution in [0, 0.1) is 0 Å². The Balaban J connectivity index is 2.24. The summed E-state index contributed by atoms with van der Waals surface area (Å²) in [6.45, 7) is 1.74. The highest BCUT2D eigenvalue weighted by Crippen LogP contribution is 2.21. The first kappa shape index (κ1) is 16.1. The Kier molecular flexibility index (Phi) is 4.49. The van der Waals surface area contributed by atoms with Crippen molar-refractivity contribution in [2.24, 2.45) is 5.14 Å². The van der Waals surface area contributed by atoms with E-state index in [0.717, 1.165) is 4.88 Å². The van der Waals surface area contributed by atoms with E-state index >= 15 is 0 Å². The first-order chi connectivity index (χ1) is 9.70. The highest BCUT2D eigenvalue weighted by molar-refractivity contribution is 7.89. The number of benzene rings is 1. The van der Waals surface area contributed by atoms with Gasteiger partial charge < -0.3 is 0 Å². The number of nitrogens with two attached hydrogens (primary N) is 1. The van der Waals surface area contributed by atoms with Gasteiger partial charge in [0.2, 0.25) is 20.0 Å². The normalized spacial score (nSPS) is 14.0. The summed E-state index contributed by atoms with van der Waals surface area (Å²) in [5.74, 6) is 0. The Labute approximate surface area is 127 Å². The number of thiophene rings is 1. The van der Waals surface area contributed by atoms with Crippen molar-refractivity contribution in [3.8, 4) is 0 Å². The number of hydrogen-bond acceptors (Lipinski definition) is 5. The van der Waals surface area contributed by atoms with Crippen molar-refractivity contribution >= 4 is 31.4 Å². The molecule has 1 heterocycles. The Morgan fingerprint density at radius 2 is 1.62 bits per heavy atom. The standard InChI is InChI=1S/C12H14N2O4S3/c1-9(12-3-2-8-19-12)14-21(17,18)11-6-4-10(5-7-11)20(13,15)16/h2-9,14H,1H3,(H2,13,15,16). The van der Waals surface area contributed by atoms with Crippen LogP contribution in [0.4, 0.5) is 0 Å². The molecule has 1 aromatic heterocycles. The molecule has 3 N–H and O–H groups in total. The molecule has 0 saturated heterocycles. The minimum atomic E-state index is -3.84. The molecule has 6 nitrogen and oxygen atoms in total. The lowest BCUT2D eigenvalue weighted by molar-refractivity contribution is 0.568. The van der Waals surface area contributed by atoms with E-state index in [0.29, 0.717) is 0 Å². The summed E-state index contributed by atoms with van der Waals surface area (Å²) in [5.41, 5.74) is 0. The van der Waals surface area contributed by atoms with Crippen LogP contribution in [0.3, 0.4) is 0 Å². The zero-order valence-electron chi connectivity index (χ0n) is 11.1. The van der Waals surface area contributed by atoms with Gasteiger partial charge in [0.1, 0.15) is 0 Å². The summed E-state index contributed by atoms with van der Waals surface area (Å²) >= 11 is 1.45. The second-order valence-electron chi connectivity index (χ2n) is 4.37. The van der Waals surface area contributed by atoms with Gasteiger partial charge in [-0.1, -0.05) is 6.07 Å². The molecule has 0 bridgehead atoms. The van der Waals surface area contributed by atoms with Gasteiger partial charge in [0.15, 0.2) is 0 Å². The smallest absolute Gasteiger partial charge is 0.225 e. The molecule has 0 fully saturated rings. The van der Waals surface area contributed by atoms with Crippen molar-refractivity contribution in [3.63, 3.8) is 0 Å². The van der Waals surface area contributed by atoms with Crippen LogP contribution >= 0.6 is 11.3 Å². The van der Waals surface area contributed by atoms with Crippen LogP contribution in [-0.4, -0.2) is 16.8 Å². The van der Waals surface area contributed by atoms with Crippen molar-refractivity contribution < 1.29 is 16.8 Å². The summed E-state index contributed by atoms with van der Waals surface area (Å²) < 4.78 is 49.2. The van der Waals surface area contributed by atoms with E-state index in [9.17, 15) is 16.8 Å². The lowest BCUT2D eigenvalue weighted by Crippen LogP contribution is -2.26. The predicted octanol–water partition coefficient (Wildman–Crippen LogP) is 1.43. The Bertz CT molecular complexity index is 810. The molecule has 0 aliphatic rings. The van der Waals surface area contributed by atoms with Crippen molar-refractivity contribution in [2.45, 2.75) is 22.8 Å². The predicted molar refractivity (Wildman–Crippen MR) is 80.9 cm³/mol. The minimum Gasteiger partial charge on any atom is -0.225 e. The van der Waals surface area contributed by atoms with Gasteiger partial charge in [0.05, 0.1) is 15.8 Å². The van der Waals surface area contributed by atoms with Gasteiger partial charge in [0, 0.05) is 4.88 Å². The summed E-state index contributed by atoms with van der Waals surface area (Å²) in [7, 11) is -7.56. The minimum absolute atomic E-state index is 0.0155. The number of sulfonamides is 2. The maximum atomic E-state index is 12.2. The fourth-order valence-corrected chi connectivity index (χ4v) is 4.25. The third-order valence-electron chi connectivity index (χ3n) is 2.76. The van der Waals surface area contributed by atoms with Crippen LogP contribution in [0.5, 0.6) is 0 Å². The molecule has 1 aromatic carbocycles. The molecule has 0 amide bonds. The molecule has 0 radical (unpaired) electrons. The Morgan fingerprint density at radius 3 is 2.10 bits per heavy atom. The number of rotatable bonds is 5. The number of nitrogens with one attached hydrogen (secondary N) is 1. The monoisotopic (exact) mass is 346 g/mol. The molecule has 0 spiro atoms. The highest BCUT2D eigenvalue weighted by Gasteiger charge is 2.19. The topological polar surface area (TPSA) is 106 Å². The molecule has 1 unspecified atom stereocenters. The average molecular weight is 346 g/mol. The van der Waals surface area contributed by atoms with Gasteiger partial charge in [-0.3, -0.25) is 0 Å². The SMILES string of the molecule is CC(NS(=O)(=O)c1ccc(S(N)(=O)=O)cc1)c1cccs1. The van der Waals surface area contributed by atoms with Gasteiger partial charge in [-0.2, -0.15) is 0 Å². The molecular weight excluding hydrogens is 332 g/mol. The van der Waals surface area contributed by atoms with Gasteiger partial charge >= 0.3 is 0 Å². The maximum absolute atomic E-state index is 12.2. The van der Waals surface area contributed by atoms with E-state index in [2.05, 4.69) is 4.72 Å². The summed E-state index contributed by atoms with van der Waals surface area (Å²) in [6, 6.07) is 8.06. The van der Waals surface area contributed by atoms with Crippen molar-refractivity contribution in [1.29, 1.82) is 0 Å². The third-order valence-corrected chi connectivity index (χ3v) is 6.31. The van der Waals surface area contributed by atoms with Crippen LogP contribution in [0.1, 0.15) is 17.8 Å². The second kappa shape index (κ2) is 5.85. The average Bonchev–Trinajstić information content (AvgIpc) is 2.91. The van der Waals surface area contributed by atoms with E-state index in [1.165, 1.54) is 35.6 Å². The molecule has 0 aliphatic heterocycles. The van der Waals surface area contributed by atoms with E-state index < -0.39 is 20.0 Å². The molecule has 2 aromatic rings. The molecule has 21 heavy (non-hydrogen) atoms. The fourth-order valence-electron chi connectivity index (χ4n) is 1.70. The maximum Gasteiger partial charge on any atom is 0.241 e. The van der Waals surface area contributed by atoms with Crippen LogP contribution in [0.15, 0.2) is 51.6 Å². The van der Waals surface area contributed by atoms with Crippen LogP contribution < -0.4 is 9.86 Å². The molecule has 0 saturated carbocycles. The first-order valence-electron chi connectivity index (χ1n) is 5.89. The lowest BCUT2D eigenvalue weighted by Gasteiger charge is -2.13. The van der Waals surface area contributed by atoms with Crippen molar-refractivity contribution in [3.05, 3.63) is 46.7 Å². The lowest BCUT2D eigenvalue weighted by atomic mass is 10.3. The van der Waals surface area contributed by atoms with Gasteiger partial charge in [-0.25, -0.2) is 26.7 Å². The molecule has 2 rings (SSSR count). The molecule has 9 heteroatoms. The molecule has 114 valence electrons. The zero-order valence-corrected chi connectivity index (χ0v) is 13.5. The summed E-state index contributed by atoms with van der Waals surface area (Å²) in [4.78, 5) is 0.741. The van der Waals surface area contributed by atoms with Crippen molar-refractivity contribution in [1.82, 2.24) is 4.72 Å². The zero-order chi connectivity index (χ0) is 15.7. The summed E-state index contributed by atoms with van der Waals surface area (Å²) in [6.07, 6.45) is 0. The Hall–Kier alpha value is -1.26. The van der Waals surface area contributed by atoms with Gasteiger partial charge in [-0.05, 0) is 42.6 Å².